The first-order chi connectivity index (χ1) is 4.75. The Kier molecular flexibility index (Phi) is 2.69. The fourth-order valence-electron chi connectivity index (χ4n) is 1.55. The highest BCUT2D eigenvalue weighted by molar-refractivity contribution is 4.79. The van der Waals surface area contributed by atoms with E-state index in [1.165, 1.54) is 6.42 Å². The summed E-state index contributed by atoms with van der Waals surface area (Å²) in [7, 11) is 4.25. The number of hydrogen-bond acceptors (Lipinski definition) is 2. The molecule has 1 heterocycles. The van der Waals surface area contributed by atoms with Crippen molar-refractivity contribution in [1.82, 2.24) is 4.90 Å². The van der Waals surface area contributed by atoms with Crippen molar-refractivity contribution < 1.29 is 4.74 Å². The van der Waals surface area contributed by atoms with Gasteiger partial charge in [-0.2, -0.15) is 0 Å². The maximum Gasteiger partial charge on any atom is 0.0625 e. The van der Waals surface area contributed by atoms with Crippen LogP contribution in [-0.2, 0) is 4.74 Å². The topological polar surface area (TPSA) is 12.5 Å². The van der Waals surface area contributed by atoms with Crippen molar-refractivity contribution >= 4 is 0 Å². The van der Waals surface area contributed by atoms with E-state index in [9.17, 15) is 0 Å². The smallest absolute Gasteiger partial charge is 0.0625 e. The standard InChI is InChI=1S/C8H17NO/c1-4-7-5-10-6-8(7)9(2)3/h7-8H,4-6H2,1-3H3/t7-,8-/m0/s1. The van der Waals surface area contributed by atoms with Crippen molar-refractivity contribution in [3.63, 3.8) is 0 Å². The second kappa shape index (κ2) is 3.35. The van der Waals surface area contributed by atoms with Gasteiger partial charge in [-0.25, -0.2) is 0 Å². The highest BCUT2D eigenvalue weighted by Gasteiger charge is 2.27. The first-order valence-corrected chi connectivity index (χ1v) is 4.00. The van der Waals surface area contributed by atoms with E-state index < -0.39 is 0 Å². The van der Waals surface area contributed by atoms with Crippen LogP contribution in [0.15, 0.2) is 0 Å². The molecule has 0 N–H and O–H groups in total. The molecule has 1 rings (SSSR count). The molecule has 1 aliphatic rings. The van der Waals surface area contributed by atoms with Gasteiger partial charge in [-0.3, -0.25) is 0 Å². The SMILES string of the molecule is CC[C@H]1COC[C@@H]1N(C)C. The van der Waals surface area contributed by atoms with Gasteiger partial charge in [0, 0.05) is 6.04 Å². The lowest BCUT2D eigenvalue weighted by molar-refractivity contribution is 0.169. The molecule has 0 spiro atoms. The van der Waals surface area contributed by atoms with Crippen LogP contribution in [0, 0.1) is 5.92 Å². The van der Waals surface area contributed by atoms with E-state index in [0.29, 0.717) is 6.04 Å². The van der Waals surface area contributed by atoms with E-state index in [-0.39, 0.29) is 0 Å². The predicted octanol–water partition coefficient (Wildman–Crippen LogP) is 0.973. The predicted molar refractivity (Wildman–Crippen MR) is 42.1 cm³/mol. The molecule has 0 saturated carbocycles. The molecular formula is C8H17NO. The van der Waals surface area contributed by atoms with Crippen molar-refractivity contribution in [2.45, 2.75) is 19.4 Å². The van der Waals surface area contributed by atoms with Crippen LogP contribution in [0.25, 0.3) is 0 Å². The van der Waals surface area contributed by atoms with Gasteiger partial charge in [0.15, 0.2) is 0 Å². The Labute approximate surface area is 63.2 Å². The Morgan fingerprint density at radius 3 is 2.50 bits per heavy atom. The van der Waals surface area contributed by atoms with Crippen LogP contribution in [0.1, 0.15) is 13.3 Å². The van der Waals surface area contributed by atoms with Gasteiger partial charge < -0.3 is 9.64 Å². The fourth-order valence-corrected chi connectivity index (χ4v) is 1.55. The maximum atomic E-state index is 5.38. The Bertz CT molecular complexity index is 103. The van der Waals surface area contributed by atoms with Gasteiger partial charge >= 0.3 is 0 Å². The summed E-state index contributed by atoms with van der Waals surface area (Å²) >= 11 is 0. The average Bonchev–Trinajstić information content (AvgIpc) is 2.33. The van der Waals surface area contributed by atoms with E-state index in [1.54, 1.807) is 0 Å². The minimum absolute atomic E-state index is 0.657. The third kappa shape index (κ3) is 1.50. The summed E-state index contributed by atoms with van der Waals surface area (Å²) in [6.45, 7) is 4.11. The molecule has 0 aliphatic carbocycles. The molecule has 0 aromatic rings. The summed E-state index contributed by atoms with van der Waals surface area (Å²) in [6.07, 6.45) is 1.24. The number of nitrogens with zero attached hydrogens (tertiary/aromatic N) is 1. The van der Waals surface area contributed by atoms with Gasteiger partial charge in [0.25, 0.3) is 0 Å². The Balaban J connectivity index is 2.42. The van der Waals surface area contributed by atoms with Gasteiger partial charge in [0.1, 0.15) is 0 Å². The Morgan fingerprint density at radius 1 is 1.40 bits per heavy atom. The highest BCUT2D eigenvalue weighted by atomic mass is 16.5. The molecule has 0 amide bonds. The van der Waals surface area contributed by atoms with Gasteiger partial charge in [-0.05, 0) is 26.4 Å². The molecule has 1 fully saturated rings. The fraction of sp³-hybridized carbons (Fsp3) is 1.00. The molecule has 0 aromatic heterocycles. The Hall–Kier alpha value is -0.0800. The van der Waals surface area contributed by atoms with Gasteiger partial charge in [0.05, 0.1) is 13.2 Å². The third-order valence-corrected chi connectivity index (χ3v) is 2.35. The zero-order valence-electron chi connectivity index (χ0n) is 7.13. The molecule has 2 atom stereocenters. The normalized spacial score (nSPS) is 33.6. The van der Waals surface area contributed by atoms with Gasteiger partial charge in [0.2, 0.25) is 0 Å². The first-order valence-electron chi connectivity index (χ1n) is 4.00. The number of hydrogen-bond donors (Lipinski definition) is 0. The van der Waals surface area contributed by atoms with Crippen LogP contribution in [0.2, 0.25) is 0 Å². The van der Waals surface area contributed by atoms with Gasteiger partial charge in [-0.1, -0.05) is 6.92 Å². The van der Waals surface area contributed by atoms with Crippen molar-refractivity contribution in [2.75, 3.05) is 27.3 Å². The lowest BCUT2D eigenvalue weighted by Gasteiger charge is -2.22. The number of likely N-dealkylation sites (N-methyl/N-ethyl adjacent to an activating group) is 1. The van der Waals surface area contributed by atoms with Crippen LogP contribution in [0.4, 0.5) is 0 Å². The molecule has 2 nitrogen and oxygen atoms in total. The summed E-state index contributed by atoms with van der Waals surface area (Å²) in [5.41, 5.74) is 0. The molecule has 0 radical (unpaired) electrons. The van der Waals surface area contributed by atoms with Crippen molar-refractivity contribution in [1.29, 1.82) is 0 Å². The summed E-state index contributed by atoms with van der Waals surface area (Å²) < 4.78 is 5.38. The summed E-state index contributed by atoms with van der Waals surface area (Å²) in [6, 6.07) is 0.657. The van der Waals surface area contributed by atoms with Gasteiger partial charge in [-0.15, -0.1) is 0 Å². The largest absolute Gasteiger partial charge is 0.379 e. The summed E-state index contributed by atoms with van der Waals surface area (Å²) in [5, 5.41) is 0. The van der Waals surface area contributed by atoms with E-state index in [0.717, 1.165) is 19.1 Å². The van der Waals surface area contributed by atoms with E-state index in [4.69, 9.17) is 4.74 Å². The minimum Gasteiger partial charge on any atom is -0.379 e. The summed E-state index contributed by atoms with van der Waals surface area (Å²) in [5.74, 6) is 0.759. The Morgan fingerprint density at radius 2 is 2.10 bits per heavy atom. The molecule has 10 heavy (non-hydrogen) atoms. The second-order valence-electron chi connectivity index (χ2n) is 3.24. The first kappa shape index (κ1) is 8.02. The van der Waals surface area contributed by atoms with E-state index in [2.05, 4.69) is 25.9 Å². The molecule has 0 unspecified atom stereocenters. The lowest BCUT2D eigenvalue weighted by Crippen LogP contribution is -2.34. The number of rotatable bonds is 2. The van der Waals surface area contributed by atoms with Crippen LogP contribution in [-0.4, -0.2) is 38.3 Å². The summed E-state index contributed by atoms with van der Waals surface area (Å²) in [4.78, 5) is 2.27. The van der Waals surface area contributed by atoms with E-state index in [1.807, 2.05) is 0 Å². The minimum atomic E-state index is 0.657. The quantitative estimate of drug-likeness (QED) is 0.571. The molecule has 1 aliphatic heterocycles. The molecular weight excluding hydrogens is 126 g/mol. The van der Waals surface area contributed by atoms with Crippen LogP contribution in [0.3, 0.4) is 0 Å². The van der Waals surface area contributed by atoms with E-state index >= 15 is 0 Å². The monoisotopic (exact) mass is 143 g/mol. The molecule has 2 heteroatoms. The van der Waals surface area contributed by atoms with Crippen molar-refractivity contribution in [3.8, 4) is 0 Å². The molecule has 1 saturated heterocycles. The van der Waals surface area contributed by atoms with Crippen molar-refractivity contribution in [2.24, 2.45) is 5.92 Å². The molecule has 60 valence electrons. The molecule has 0 bridgehead atoms. The highest BCUT2D eigenvalue weighted by Crippen LogP contribution is 2.19. The average molecular weight is 143 g/mol. The lowest BCUT2D eigenvalue weighted by atomic mass is 10.0. The van der Waals surface area contributed by atoms with Crippen LogP contribution in [0.5, 0.6) is 0 Å². The van der Waals surface area contributed by atoms with Crippen LogP contribution >= 0.6 is 0 Å². The maximum absolute atomic E-state index is 5.38. The zero-order valence-corrected chi connectivity index (χ0v) is 7.13. The third-order valence-electron chi connectivity index (χ3n) is 2.35. The molecule has 0 aromatic carbocycles. The van der Waals surface area contributed by atoms with Crippen molar-refractivity contribution in [3.05, 3.63) is 0 Å². The second-order valence-corrected chi connectivity index (χ2v) is 3.24. The zero-order chi connectivity index (χ0) is 7.56. The number of ether oxygens (including phenoxy) is 1. The van der Waals surface area contributed by atoms with Crippen LogP contribution < -0.4 is 0 Å².